The van der Waals surface area contributed by atoms with Crippen molar-refractivity contribution >= 4 is 23.3 Å². The van der Waals surface area contributed by atoms with E-state index < -0.39 is 6.10 Å². The molecule has 0 unspecified atom stereocenters. The van der Waals surface area contributed by atoms with Gasteiger partial charge in [0.25, 0.3) is 5.91 Å². The van der Waals surface area contributed by atoms with Gasteiger partial charge in [0.1, 0.15) is 5.75 Å². The second-order valence-corrected chi connectivity index (χ2v) is 8.15. The smallest absolute Gasteiger partial charge is 0.266 e. The number of nitrogens with one attached hydrogen (secondary N) is 1. The Kier molecular flexibility index (Phi) is 5.77. The van der Waals surface area contributed by atoms with Crippen LogP contribution in [0.15, 0.2) is 35.0 Å². The second kappa shape index (κ2) is 8.48. The number of anilines is 1. The van der Waals surface area contributed by atoms with Crippen LogP contribution in [0, 0.1) is 13.8 Å². The van der Waals surface area contributed by atoms with Crippen LogP contribution in [0.1, 0.15) is 42.0 Å². The molecular formula is C23H24ClN3O3. The summed E-state index contributed by atoms with van der Waals surface area (Å²) in [5, 5.41) is 11.4. The lowest BCUT2D eigenvalue weighted by Gasteiger charge is -2.17. The molecule has 1 aromatic heterocycles. The number of hydrogen-bond donors (Lipinski definition) is 1. The molecule has 4 rings (SSSR count). The Morgan fingerprint density at radius 3 is 2.53 bits per heavy atom. The molecule has 0 bridgehead atoms. The molecule has 7 heteroatoms. The Hall–Kier alpha value is -2.86. The fraction of sp³-hybridized carbons (Fsp3) is 0.348. The number of ether oxygens (including phenoxy) is 1. The van der Waals surface area contributed by atoms with Gasteiger partial charge in [-0.2, -0.15) is 0 Å². The van der Waals surface area contributed by atoms with Gasteiger partial charge in [-0.15, -0.1) is 0 Å². The molecule has 30 heavy (non-hydrogen) atoms. The summed E-state index contributed by atoms with van der Waals surface area (Å²) in [6.07, 6.45) is 3.84. The first-order valence-electron chi connectivity index (χ1n) is 10.1. The molecule has 6 nitrogen and oxygen atoms in total. The summed E-state index contributed by atoms with van der Waals surface area (Å²) in [7, 11) is 0. The number of nitrogens with zero attached hydrogens (tertiary/aromatic N) is 2. The van der Waals surface area contributed by atoms with Crippen molar-refractivity contribution in [3.8, 4) is 17.0 Å². The molecule has 0 saturated heterocycles. The number of carbonyl (C=O) groups excluding carboxylic acids is 1. The average molecular weight is 426 g/mol. The zero-order valence-corrected chi connectivity index (χ0v) is 18.0. The number of hydrogen-bond acceptors (Lipinski definition) is 5. The van der Waals surface area contributed by atoms with Crippen LogP contribution in [-0.2, 0) is 17.6 Å². The Morgan fingerprint density at radius 1 is 1.10 bits per heavy atom. The predicted octanol–water partition coefficient (Wildman–Crippen LogP) is 5.29. The van der Waals surface area contributed by atoms with Crippen molar-refractivity contribution in [3.63, 3.8) is 0 Å². The van der Waals surface area contributed by atoms with E-state index in [2.05, 4.69) is 27.8 Å². The van der Waals surface area contributed by atoms with Crippen LogP contribution in [0.4, 0.5) is 5.82 Å². The summed E-state index contributed by atoms with van der Waals surface area (Å²) < 4.78 is 10.7. The van der Waals surface area contributed by atoms with Crippen molar-refractivity contribution in [2.75, 3.05) is 5.32 Å². The quantitative estimate of drug-likeness (QED) is 0.600. The van der Waals surface area contributed by atoms with Gasteiger partial charge in [-0.1, -0.05) is 23.7 Å². The third-order valence-corrected chi connectivity index (χ3v) is 6.04. The van der Waals surface area contributed by atoms with Crippen LogP contribution in [0.2, 0.25) is 5.02 Å². The SMILES string of the molecule is Cc1cc(O[C@@H](C)C(=O)Nc2nonc2-c2ccc3c(c2)CCCC3)cc(C)c1Cl. The molecule has 1 amide bonds. The molecule has 0 fully saturated rings. The van der Waals surface area contributed by atoms with Gasteiger partial charge in [0.15, 0.2) is 11.8 Å². The largest absolute Gasteiger partial charge is 0.481 e. The fourth-order valence-corrected chi connectivity index (χ4v) is 3.90. The Balaban J connectivity index is 1.49. The molecule has 1 heterocycles. The maximum absolute atomic E-state index is 12.7. The summed E-state index contributed by atoms with van der Waals surface area (Å²) in [4.78, 5) is 12.7. The van der Waals surface area contributed by atoms with Gasteiger partial charge in [0, 0.05) is 10.6 Å². The van der Waals surface area contributed by atoms with Gasteiger partial charge in [0.05, 0.1) is 0 Å². The van der Waals surface area contributed by atoms with E-state index in [9.17, 15) is 4.79 Å². The summed E-state index contributed by atoms with van der Waals surface area (Å²) in [5.74, 6) is 0.537. The van der Waals surface area contributed by atoms with Crippen LogP contribution in [0.5, 0.6) is 5.75 Å². The van der Waals surface area contributed by atoms with Crippen molar-refractivity contribution in [3.05, 3.63) is 57.6 Å². The number of carbonyl (C=O) groups is 1. The Labute approximate surface area is 180 Å². The minimum Gasteiger partial charge on any atom is -0.481 e. The van der Waals surface area contributed by atoms with E-state index in [0.29, 0.717) is 16.5 Å². The van der Waals surface area contributed by atoms with Crippen molar-refractivity contribution in [2.24, 2.45) is 0 Å². The van der Waals surface area contributed by atoms with E-state index in [1.807, 2.05) is 32.0 Å². The first kappa shape index (κ1) is 20.4. The maximum atomic E-state index is 12.7. The van der Waals surface area contributed by atoms with Crippen molar-refractivity contribution in [2.45, 2.75) is 52.6 Å². The highest BCUT2D eigenvalue weighted by atomic mass is 35.5. The van der Waals surface area contributed by atoms with Gasteiger partial charge in [0.2, 0.25) is 5.82 Å². The highest BCUT2D eigenvalue weighted by Gasteiger charge is 2.21. The number of rotatable bonds is 5. The topological polar surface area (TPSA) is 77.2 Å². The minimum absolute atomic E-state index is 0.287. The normalized spacial score (nSPS) is 14.1. The van der Waals surface area contributed by atoms with E-state index in [4.69, 9.17) is 21.0 Å². The molecule has 0 saturated carbocycles. The molecule has 0 radical (unpaired) electrons. The second-order valence-electron chi connectivity index (χ2n) is 7.77. The zero-order chi connectivity index (χ0) is 21.3. The molecule has 1 N–H and O–H groups in total. The van der Waals surface area contributed by atoms with Crippen LogP contribution in [0.3, 0.4) is 0 Å². The summed E-state index contributed by atoms with van der Waals surface area (Å²) in [5.41, 5.74) is 5.89. The third-order valence-electron chi connectivity index (χ3n) is 5.44. The first-order chi connectivity index (χ1) is 14.4. The first-order valence-corrected chi connectivity index (χ1v) is 10.5. The van der Waals surface area contributed by atoms with Crippen LogP contribution in [-0.4, -0.2) is 22.3 Å². The molecule has 1 aliphatic rings. The van der Waals surface area contributed by atoms with Crippen molar-refractivity contribution < 1.29 is 14.2 Å². The molecule has 0 spiro atoms. The lowest BCUT2D eigenvalue weighted by Crippen LogP contribution is -2.30. The lowest BCUT2D eigenvalue weighted by molar-refractivity contribution is -0.122. The van der Waals surface area contributed by atoms with E-state index in [-0.39, 0.29) is 11.7 Å². The van der Waals surface area contributed by atoms with Crippen LogP contribution < -0.4 is 10.1 Å². The molecule has 2 aromatic carbocycles. The highest BCUT2D eigenvalue weighted by Crippen LogP contribution is 2.30. The monoisotopic (exact) mass is 425 g/mol. The van der Waals surface area contributed by atoms with Crippen LogP contribution >= 0.6 is 11.6 Å². The van der Waals surface area contributed by atoms with Gasteiger partial charge in [-0.3, -0.25) is 4.79 Å². The molecular weight excluding hydrogens is 402 g/mol. The number of benzene rings is 2. The van der Waals surface area contributed by atoms with Gasteiger partial charge in [-0.05, 0) is 97.2 Å². The number of amides is 1. The maximum Gasteiger partial charge on any atom is 0.266 e. The standard InChI is InChI=1S/C23H24ClN3O3/c1-13-10-19(11-14(2)20(13)24)29-15(3)23(28)25-22-21(26-30-27-22)18-9-8-16-6-4-5-7-17(16)12-18/h8-12,15H,4-7H2,1-3H3,(H,25,27,28)/t15-/m0/s1. The minimum atomic E-state index is -0.738. The van der Waals surface area contributed by atoms with E-state index in [0.717, 1.165) is 29.5 Å². The summed E-state index contributed by atoms with van der Waals surface area (Å²) >= 11 is 6.20. The number of aryl methyl sites for hydroxylation is 4. The molecule has 156 valence electrons. The lowest BCUT2D eigenvalue weighted by atomic mass is 9.90. The van der Waals surface area contributed by atoms with Gasteiger partial charge in [-0.25, -0.2) is 4.63 Å². The number of aromatic nitrogens is 2. The molecule has 1 aliphatic carbocycles. The third kappa shape index (κ3) is 4.19. The number of halogens is 1. The Morgan fingerprint density at radius 2 is 1.80 bits per heavy atom. The van der Waals surface area contributed by atoms with E-state index in [1.165, 1.54) is 24.0 Å². The van der Waals surface area contributed by atoms with Gasteiger partial charge >= 0.3 is 0 Å². The fourth-order valence-electron chi connectivity index (χ4n) is 3.79. The Bertz CT molecular complexity index is 1070. The van der Waals surface area contributed by atoms with Gasteiger partial charge < -0.3 is 10.1 Å². The van der Waals surface area contributed by atoms with Crippen molar-refractivity contribution in [1.29, 1.82) is 0 Å². The van der Waals surface area contributed by atoms with E-state index >= 15 is 0 Å². The zero-order valence-electron chi connectivity index (χ0n) is 17.3. The average Bonchev–Trinajstić information content (AvgIpc) is 3.19. The molecule has 3 aromatic rings. The van der Waals surface area contributed by atoms with E-state index in [1.54, 1.807) is 6.92 Å². The van der Waals surface area contributed by atoms with Crippen molar-refractivity contribution in [1.82, 2.24) is 10.3 Å². The summed E-state index contributed by atoms with van der Waals surface area (Å²) in [6, 6.07) is 9.87. The summed E-state index contributed by atoms with van der Waals surface area (Å²) in [6.45, 7) is 5.48. The highest BCUT2D eigenvalue weighted by molar-refractivity contribution is 6.32. The predicted molar refractivity (Wildman–Crippen MR) is 116 cm³/mol. The number of fused-ring (bicyclic) bond motifs is 1. The molecule has 1 atom stereocenters. The van der Waals surface area contributed by atoms with Crippen LogP contribution in [0.25, 0.3) is 11.3 Å². The molecule has 0 aliphatic heterocycles.